The largest absolute Gasteiger partial charge is 0.381 e. The highest BCUT2D eigenvalue weighted by atomic mass is 16.5. The predicted octanol–water partition coefficient (Wildman–Crippen LogP) is 3.65. The van der Waals surface area contributed by atoms with Gasteiger partial charge in [-0.3, -0.25) is 0 Å². The Hall–Kier alpha value is -0.860. The summed E-state index contributed by atoms with van der Waals surface area (Å²) in [5, 5.41) is 3.61. The lowest BCUT2D eigenvalue weighted by Crippen LogP contribution is -2.52. The molecule has 2 nitrogen and oxygen atoms in total. The van der Waals surface area contributed by atoms with E-state index in [1.54, 1.807) is 0 Å². The standard InChI is InChI=1S/C18H27NO/c1-14-6-8-15(9-7-14)16-13-19-12-11-18(16)10-4-3-5-17(18)20-2/h6-9,16-17,19H,3-5,10-13H2,1-2H3. The van der Waals surface area contributed by atoms with Crippen molar-refractivity contribution in [3.63, 3.8) is 0 Å². The molecule has 0 radical (unpaired) electrons. The van der Waals surface area contributed by atoms with Crippen LogP contribution in [-0.4, -0.2) is 26.3 Å². The monoisotopic (exact) mass is 273 g/mol. The Morgan fingerprint density at radius 1 is 1.15 bits per heavy atom. The van der Waals surface area contributed by atoms with Gasteiger partial charge >= 0.3 is 0 Å². The molecule has 3 rings (SSSR count). The molecule has 1 saturated heterocycles. The summed E-state index contributed by atoms with van der Waals surface area (Å²) >= 11 is 0. The second-order valence-corrected chi connectivity index (χ2v) is 6.62. The van der Waals surface area contributed by atoms with E-state index in [1.807, 2.05) is 7.11 Å². The van der Waals surface area contributed by atoms with E-state index < -0.39 is 0 Å². The minimum absolute atomic E-state index is 0.355. The van der Waals surface area contributed by atoms with Crippen molar-refractivity contribution in [3.05, 3.63) is 35.4 Å². The number of ether oxygens (including phenoxy) is 1. The molecule has 0 bridgehead atoms. The van der Waals surface area contributed by atoms with Crippen molar-refractivity contribution in [1.29, 1.82) is 0 Å². The Labute approximate surface area is 122 Å². The second kappa shape index (κ2) is 5.87. The summed E-state index contributed by atoms with van der Waals surface area (Å²) in [6, 6.07) is 9.16. The topological polar surface area (TPSA) is 21.3 Å². The van der Waals surface area contributed by atoms with Crippen LogP contribution in [-0.2, 0) is 4.74 Å². The zero-order valence-corrected chi connectivity index (χ0v) is 12.8. The lowest BCUT2D eigenvalue weighted by molar-refractivity contribution is -0.0717. The molecule has 2 aliphatic rings. The molecule has 1 N–H and O–H groups in total. The van der Waals surface area contributed by atoms with Gasteiger partial charge in [0.2, 0.25) is 0 Å². The Morgan fingerprint density at radius 3 is 2.70 bits per heavy atom. The van der Waals surface area contributed by atoms with E-state index in [4.69, 9.17) is 4.74 Å². The van der Waals surface area contributed by atoms with E-state index in [0.29, 0.717) is 17.4 Å². The van der Waals surface area contributed by atoms with Crippen molar-refractivity contribution in [3.8, 4) is 0 Å². The van der Waals surface area contributed by atoms with Crippen molar-refractivity contribution in [1.82, 2.24) is 5.32 Å². The molecule has 110 valence electrons. The highest BCUT2D eigenvalue weighted by Crippen LogP contribution is 2.51. The molecule has 2 fully saturated rings. The maximum absolute atomic E-state index is 5.93. The number of nitrogens with one attached hydrogen (secondary N) is 1. The van der Waals surface area contributed by atoms with Crippen LogP contribution in [0.1, 0.15) is 49.1 Å². The minimum Gasteiger partial charge on any atom is -0.381 e. The number of piperidine rings is 1. The first-order chi connectivity index (χ1) is 9.76. The third-order valence-electron chi connectivity index (χ3n) is 5.57. The predicted molar refractivity (Wildman–Crippen MR) is 83.1 cm³/mol. The van der Waals surface area contributed by atoms with Crippen molar-refractivity contribution in [2.45, 2.75) is 51.0 Å². The van der Waals surface area contributed by atoms with Gasteiger partial charge < -0.3 is 10.1 Å². The van der Waals surface area contributed by atoms with Crippen molar-refractivity contribution < 1.29 is 4.74 Å². The molecule has 1 spiro atoms. The Bertz CT molecular complexity index is 435. The number of benzene rings is 1. The molecule has 20 heavy (non-hydrogen) atoms. The van der Waals surface area contributed by atoms with E-state index in [1.165, 1.54) is 43.2 Å². The summed E-state index contributed by atoms with van der Waals surface area (Å²) in [5.74, 6) is 0.599. The Morgan fingerprint density at radius 2 is 1.95 bits per heavy atom. The van der Waals surface area contributed by atoms with Gasteiger partial charge in [-0.15, -0.1) is 0 Å². The van der Waals surface area contributed by atoms with Gasteiger partial charge in [0.25, 0.3) is 0 Å². The van der Waals surface area contributed by atoms with E-state index in [9.17, 15) is 0 Å². The quantitative estimate of drug-likeness (QED) is 0.888. The summed E-state index contributed by atoms with van der Waals surface area (Å²) in [7, 11) is 1.91. The zero-order chi connectivity index (χ0) is 14.0. The van der Waals surface area contributed by atoms with Crippen LogP contribution in [0.4, 0.5) is 0 Å². The SMILES string of the molecule is COC1CCCCC12CCNCC2c1ccc(C)cc1. The summed E-state index contributed by atoms with van der Waals surface area (Å²) in [6.07, 6.45) is 6.94. The van der Waals surface area contributed by atoms with Gasteiger partial charge in [-0.2, -0.15) is 0 Å². The fraction of sp³-hybridized carbons (Fsp3) is 0.667. The maximum atomic E-state index is 5.93. The van der Waals surface area contributed by atoms with Gasteiger partial charge in [-0.05, 0) is 38.3 Å². The van der Waals surface area contributed by atoms with Gasteiger partial charge in [0.15, 0.2) is 0 Å². The van der Waals surface area contributed by atoms with Crippen LogP contribution in [0.5, 0.6) is 0 Å². The number of aryl methyl sites for hydroxylation is 1. The van der Waals surface area contributed by atoms with Gasteiger partial charge in [0.05, 0.1) is 6.10 Å². The first-order valence-electron chi connectivity index (χ1n) is 8.06. The van der Waals surface area contributed by atoms with Gasteiger partial charge in [0.1, 0.15) is 0 Å². The third-order valence-corrected chi connectivity index (χ3v) is 5.57. The fourth-order valence-corrected chi connectivity index (χ4v) is 4.46. The first-order valence-corrected chi connectivity index (χ1v) is 8.06. The molecule has 1 aromatic rings. The average molecular weight is 273 g/mol. The molecule has 0 amide bonds. The van der Waals surface area contributed by atoms with Gasteiger partial charge in [0, 0.05) is 25.0 Å². The van der Waals surface area contributed by atoms with Crippen molar-refractivity contribution >= 4 is 0 Å². The van der Waals surface area contributed by atoms with Gasteiger partial charge in [-0.25, -0.2) is 0 Å². The summed E-state index contributed by atoms with van der Waals surface area (Å²) < 4.78 is 5.93. The average Bonchev–Trinajstić information content (AvgIpc) is 2.49. The zero-order valence-electron chi connectivity index (χ0n) is 12.8. The molecule has 1 saturated carbocycles. The minimum atomic E-state index is 0.355. The number of hydrogen-bond acceptors (Lipinski definition) is 2. The Kier molecular flexibility index (Phi) is 4.13. The summed E-state index contributed by atoms with van der Waals surface area (Å²) in [5.41, 5.74) is 3.19. The molecular weight excluding hydrogens is 246 g/mol. The molecule has 1 aromatic carbocycles. The van der Waals surface area contributed by atoms with Crippen LogP contribution >= 0.6 is 0 Å². The van der Waals surface area contributed by atoms with Crippen LogP contribution in [0, 0.1) is 12.3 Å². The van der Waals surface area contributed by atoms with Crippen LogP contribution in [0.15, 0.2) is 24.3 Å². The summed E-state index contributed by atoms with van der Waals surface area (Å²) in [6.45, 7) is 4.41. The molecule has 1 aliphatic carbocycles. The first kappa shape index (κ1) is 14.1. The third kappa shape index (κ3) is 2.40. The Balaban J connectivity index is 1.95. The molecule has 1 aliphatic heterocycles. The smallest absolute Gasteiger partial charge is 0.0634 e. The highest BCUT2D eigenvalue weighted by Gasteiger charge is 2.48. The highest BCUT2D eigenvalue weighted by molar-refractivity contribution is 5.28. The van der Waals surface area contributed by atoms with Gasteiger partial charge in [-0.1, -0.05) is 42.7 Å². The maximum Gasteiger partial charge on any atom is 0.0634 e. The number of methoxy groups -OCH3 is 1. The van der Waals surface area contributed by atoms with Crippen LogP contribution in [0.25, 0.3) is 0 Å². The van der Waals surface area contributed by atoms with Crippen molar-refractivity contribution in [2.75, 3.05) is 20.2 Å². The molecule has 1 heterocycles. The normalized spacial score (nSPS) is 34.3. The van der Waals surface area contributed by atoms with E-state index >= 15 is 0 Å². The molecule has 0 aromatic heterocycles. The van der Waals surface area contributed by atoms with Crippen molar-refractivity contribution in [2.24, 2.45) is 5.41 Å². The lowest BCUT2D eigenvalue weighted by Gasteiger charge is -2.51. The van der Waals surface area contributed by atoms with E-state index in [-0.39, 0.29) is 0 Å². The summed E-state index contributed by atoms with van der Waals surface area (Å²) in [4.78, 5) is 0. The molecular formula is C18H27NO. The number of hydrogen-bond donors (Lipinski definition) is 1. The fourth-order valence-electron chi connectivity index (χ4n) is 4.46. The van der Waals surface area contributed by atoms with Crippen LogP contribution in [0.3, 0.4) is 0 Å². The molecule has 3 atom stereocenters. The second-order valence-electron chi connectivity index (χ2n) is 6.62. The van der Waals surface area contributed by atoms with Crippen LogP contribution < -0.4 is 5.32 Å². The van der Waals surface area contributed by atoms with E-state index in [0.717, 1.165) is 13.1 Å². The molecule has 3 unspecified atom stereocenters. The lowest BCUT2D eigenvalue weighted by atomic mass is 9.59. The number of rotatable bonds is 2. The van der Waals surface area contributed by atoms with E-state index in [2.05, 4.69) is 36.5 Å². The molecule has 2 heteroatoms. The van der Waals surface area contributed by atoms with Crippen LogP contribution in [0.2, 0.25) is 0 Å².